The number of methoxy groups -OCH3 is 1. The van der Waals surface area contributed by atoms with Gasteiger partial charge in [0.15, 0.2) is 0 Å². The highest BCUT2D eigenvalue weighted by Crippen LogP contribution is 2.47. The maximum Gasteiger partial charge on any atom is 0.413 e. The first-order valence-electron chi connectivity index (χ1n) is 49.2. The van der Waals surface area contributed by atoms with E-state index < -0.39 is 34.5 Å². The van der Waals surface area contributed by atoms with Crippen LogP contribution in [0, 0.1) is 84.7 Å². The highest BCUT2D eigenvalue weighted by Gasteiger charge is 2.55. The summed E-state index contributed by atoms with van der Waals surface area (Å²) in [5.41, 5.74) is 34.3. The van der Waals surface area contributed by atoms with Gasteiger partial charge in [-0.25, -0.2) is 14.4 Å². The number of hydrogen-bond acceptors (Lipinski definition) is 26. The summed E-state index contributed by atoms with van der Waals surface area (Å²) in [6.45, 7) is 9.27. The molecule has 149 heavy (non-hydrogen) atoms. The predicted octanol–water partition coefficient (Wildman–Crippen LogP) is 12.2. The Kier molecular flexibility index (Phi) is 31.8. The van der Waals surface area contributed by atoms with Crippen molar-refractivity contribution in [1.82, 2.24) is 45.3 Å². The number of hydrogen-bond donors (Lipinski definition) is 12. The second-order valence-electron chi connectivity index (χ2n) is 38.4. The van der Waals surface area contributed by atoms with Crippen LogP contribution in [0.3, 0.4) is 0 Å². The maximum absolute atomic E-state index is 14.0. The first-order valence-corrected chi connectivity index (χ1v) is 49.2. The summed E-state index contributed by atoms with van der Waals surface area (Å²) in [5, 5.41) is 66.5. The smallest absolute Gasteiger partial charge is 0.413 e. The number of likely N-dealkylation sites (tertiary alicyclic amines) is 3. The van der Waals surface area contributed by atoms with Crippen LogP contribution in [0.1, 0.15) is 141 Å². The first kappa shape index (κ1) is 104. The molecule has 0 aliphatic carbocycles. The summed E-state index contributed by atoms with van der Waals surface area (Å²) in [5.74, 6) is 5.20. The molecular weight excluding hydrogens is 1890 g/mol. The SMILES string of the molecule is C#Cc1ccc(C(=N)c2cc(N3CC[C@]4(CCN(CC(=O)N5CC=C(c6ccc(C(=N)OC(=O)NC)cc6)CC5)C4)C3=O)ccc2N)cc1.C#Cc1ccc(C(=N)c2cc(N3CC[C@]4(CCN(CC(=O)N5CC=C(c6ccc(C(=N)OC(=O)NC)cc6)CC5)C4)C3=O)ccc2N)cc1OC.CNC(=O)OC(=N)c1ccc(C2=CCN(C(=O)CN3CC[C@]4(CCN(c5ccc(N)c(C(=N)c6cccc(C#N)c6)c5)C4=O)C3)CC2)cc1. The summed E-state index contributed by atoms with van der Waals surface area (Å²) in [7, 11) is 5.83. The summed E-state index contributed by atoms with van der Waals surface area (Å²) in [4.78, 5) is 133. The van der Waals surface area contributed by atoms with Crippen molar-refractivity contribution in [3.8, 4) is 36.5 Å². The molecule has 0 bridgehead atoms. The standard InChI is InChI=1S/C39H41N7O5.C38H39N7O4.C37H38N8O4/c1-4-25-5-10-29(21-33(25)50-3)35(41)31-22-30(11-12-32(31)40)46-20-16-39(37(46)48)15-19-44(24-39)23-34(47)45-17-13-27(14-18-45)26-6-8-28(9-7-26)36(42)51-38(49)43-2;1-3-25-4-6-28(7-5-25)34(40)31-22-30(12-13-32(31)39)45-21-17-38(36(45)47)16-20-43(24-38)23-33(46)44-18-14-27(15-19-44)26-8-10-29(11-9-26)35(41)49-37(48)42-2;1-42-36(48)49-34(41)27-7-5-25(6-8-27)26-11-15-44(16-12-26)32(46)22-43-17-13-37(23-43)14-18-45(35(37)47)29-9-10-31(39)30(20-29)33(40)28-4-2-3-24(19-28)21-38/h1,5-13,21-22,41-42H,14-20,23-24,40H2,2-3H3,(H,43,49);1,4-14,22,40-41H,15-21,23-24,39H2,2H3,(H,42,48);2-11,19-20,40-41H,12-18,22-23,39H2,1H3,(H,42,48)/t39-;38-;37-/m000/s1. The fourth-order valence-corrected chi connectivity index (χ4v) is 20.8. The fourth-order valence-electron chi connectivity index (χ4n) is 20.8. The minimum absolute atomic E-state index is 0.0306. The molecule has 9 amide bonds. The summed E-state index contributed by atoms with van der Waals surface area (Å²) in [6, 6.07) is 59.1. The van der Waals surface area contributed by atoms with E-state index in [-0.39, 0.29) is 89.9 Å². The summed E-state index contributed by atoms with van der Waals surface area (Å²) in [6.07, 6.45) is 21.3. The molecule has 15 N–H and O–H groups in total. The quantitative estimate of drug-likeness (QED) is 0.00985. The number of nitrogens with one attached hydrogen (secondary N) is 9. The Labute approximate surface area is 864 Å². The maximum atomic E-state index is 14.0. The van der Waals surface area contributed by atoms with E-state index in [1.54, 1.807) is 148 Å². The third-order valence-corrected chi connectivity index (χ3v) is 29.5. The van der Waals surface area contributed by atoms with Crippen LogP contribution in [0.5, 0.6) is 5.75 Å². The third kappa shape index (κ3) is 23.1. The molecule has 0 aromatic heterocycles. The molecule has 9 aromatic carbocycles. The van der Waals surface area contributed by atoms with Crippen LogP contribution >= 0.6 is 0 Å². The number of nitriles is 1. The van der Waals surface area contributed by atoms with Crippen molar-refractivity contribution in [2.45, 2.75) is 57.8 Å². The number of nitrogens with two attached hydrogens (primary N) is 3. The second kappa shape index (κ2) is 45.4. The molecule has 6 fully saturated rings. The van der Waals surface area contributed by atoms with Gasteiger partial charge in [-0.15, -0.1) is 12.8 Å². The number of terminal acetylenes is 2. The van der Waals surface area contributed by atoms with Crippen molar-refractivity contribution in [3.63, 3.8) is 0 Å². The second-order valence-corrected chi connectivity index (χ2v) is 38.4. The number of ether oxygens (including phenoxy) is 4. The molecule has 762 valence electrons. The molecule has 0 saturated carbocycles. The molecule has 9 aromatic rings. The normalized spacial score (nSPS) is 18.9. The lowest BCUT2D eigenvalue weighted by Crippen LogP contribution is -2.43. The van der Waals surface area contributed by atoms with Gasteiger partial charge in [0.1, 0.15) is 5.75 Å². The van der Waals surface area contributed by atoms with Crippen LogP contribution in [-0.2, 0) is 43.0 Å². The number of nitrogens with zero attached hydrogens (tertiary/aromatic N) is 10. The minimum atomic E-state index is -0.693. The van der Waals surface area contributed by atoms with Crippen LogP contribution in [-0.4, -0.2) is 264 Å². The molecule has 0 radical (unpaired) electrons. The van der Waals surface area contributed by atoms with Gasteiger partial charge in [-0.1, -0.05) is 96.8 Å². The zero-order valence-electron chi connectivity index (χ0n) is 83.5. The lowest BCUT2D eigenvalue weighted by molar-refractivity contribution is -0.133. The van der Waals surface area contributed by atoms with E-state index in [1.165, 1.54) is 28.3 Å². The summed E-state index contributed by atoms with van der Waals surface area (Å²) >= 11 is 0. The number of carbonyl (C=O) groups excluding carboxylic acids is 9. The summed E-state index contributed by atoms with van der Waals surface area (Å²) < 4.78 is 20.1. The van der Waals surface area contributed by atoms with Gasteiger partial charge in [0.2, 0.25) is 53.1 Å². The van der Waals surface area contributed by atoms with E-state index in [1.807, 2.05) is 81.4 Å². The van der Waals surface area contributed by atoms with Gasteiger partial charge in [0, 0.05) is 189 Å². The Balaban J connectivity index is 0.000000159. The monoisotopic (exact) mass is 2000 g/mol. The van der Waals surface area contributed by atoms with E-state index in [2.05, 4.69) is 60.7 Å². The van der Waals surface area contributed by atoms with Gasteiger partial charge >= 0.3 is 18.3 Å². The fraction of sp³-hybridized carbons (Fsp3) is 0.298. The predicted molar refractivity (Wildman–Crippen MR) is 572 cm³/mol. The number of alkyl carbamates (subject to hydrolysis) is 3. The van der Waals surface area contributed by atoms with Crippen LogP contribution in [0.4, 0.5) is 48.5 Å². The minimum Gasteiger partial charge on any atom is -0.495 e. The van der Waals surface area contributed by atoms with Crippen molar-refractivity contribution in [2.75, 3.05) is 178 Å². The highest BCUT2D eigenvalue weighted by molar-refractivity contribution is 6.18. The molecule has 6 saturated heterocycles. The largest absolute Gasteiger partial charge is 0.495 e. The third-order valence-electron chi connectivity index (χ3n) is 29.5. The molecule has 9 heterocycles. The van der Waals surface area contributed by atoms with Gasteiger partial charge in [-0.05, 0) is 238 Å². The van der Waals surface area contributed by atoms with Crippen LogP contribution < -0.4 is 52.6 Å². The number of carbonyl (C=O) groups is 9. The molecule has 9 aliphatic heterocycles. The highest BCUT2D eigenvalue weighted by atomic mass is 16.6. The Bertz CT molecular complexity index is 7120. The van der Waals surface area contributed by atoms with Crippen LogP contribution in [0.15, 0.2) is 212 Å². The lowest BCUT2D eigenvalue weighted by Gasteiger charge is -2.29. The molecule has 9 aliphatic rings. The van der Waals surface area contributed by atoms with Crippen LogP contribution in [0.25, 0.3) is 16.7 Å². The van der Waals surface area contributed by atoms with Gasteiger partial charge in [0.25, 0.3) is 0 Å². The van der Waals surface area contributed by atoms with Gasteiger partial charge in [-0.3, -0.25) is 75.9 Å². The van der Waals surface area contributed by atoms with Crippen LogP contribution in [0.2, 0.25) is 0 Å². The zero-order chi connectivity index (χ0) is 106. The van der Waals surface area contributed by atoms with E-state index in [9.17, 15) is 48.4 Å². The Morgan fingerprint density at radius 2 is 0.705 bits per heavy atom. The first-order chi connectivity index (χ1) is 71.8. The van der Waals surface area contributed by atoms with E-state index in [0.717, 1.165) is 39.0 Å². The molecule has 3 atom stereocenters. The molecule has 18 rings (SSSR count). The Morgan fingerprint density at radius 1 is 0.383 bits per heavy atom. The molecular formula is C114H118N22O13. The molecule has 35 heteroatoms. The topological polar surface area (TPSA) is 501 Å². The van der Waals surface area contributed by atoms with E-state index in [4.69, 9.17) is 81.5 Å². The van der Waals surface area contributed by atoms with Crippen molar-refractivity contribution in [1.29, 1.82) is 37.7 Å². The van der Waals surface area contributed by atoms with E-state index >= 15 is 0 Å². The van der Waals surface area contributed by atoms with Gasteiger partial charge in [-0.2, -0.15) is 5.26 Å². The number of benzene rings is 9. The van der Waals surface area contributed by atoms with Crippen molar-refractivity contribution < 1.29 is 62.1 Å². The average molecular weight is 2000 g/mol. The molecule has 3 spiro atoms. The Morgan fingerprint density at radius 3 is 1.01 bits per heavy atom. The van der Waals surface area contributed by atoms with Crippen molar-refractivity contribution in [3.05, 3.63) is 296 Å². The van der Waals surface area contributed by atoms with Gasteiger partial charge < -0.3 is 81.5 Å². The number of rotatable bonds is 22. The molecule has 35 nitrogen and oxygen atoms in total. The zero-order valence-corrected chi connectivity index (χ0v) is 83.5. The van der Waals surface area contributed by atoms with Crippen molar-refractivity contribution >= 4 is 139 Å². The number of nitrogen functional groups attached to an aromatic ring is 3. The van der Waals surface area contributed by atoms with E-state index in [0.29, 0.717) is 257 Å². The van der Waals surface area contributed by atoms with Crippen molar-refractivity contribution in [2.24, 2.45) is 16.2 Å². The lowest BCUT2D eigenvalue weighted by atomic mass is 9.85. The van der Waals surface area contributed by atoms with Gasteiger partial charge in [0.05, 0.1) is 77.3 Å². The number of amides is 9. The number of anilines is 6. The molecule has 0 unspecified atom stereocenters. The Hall–Kier alpha value is -17.5. The average Bonchev–Trinajstić information content (AvgIpc) is 1.61.